The van der Waals surface area contributed by atoms with Gasteiger partial charge >= 0.3 is 0 Å². The molecule has 0 bridgehead atoms. The van der Waals surface area contributed by atoms with Gasteiger partial charge in [-0.3, -0.25) is 0 Å². The van der Waals surface area contributed by atoms with Crippen molar-refractivity contribution >= 4 is 0 Å². The molecule has 0 heterocycles. The first-order valence-corrected chi connectivity index (χ1v) is 5.64. The molecule has 0 saturated carbocycles. The maximum absolute atomic E-state index is 5.50. The number of rotatable bonds is 6. The Balaban J connectivity index is 2.82. The zero-order valence-electron chi connectivity index (χ0n) is 10.6. The molecule has 0 aliphatic carbocycles. The van der Waals surface area contributed by atoms with E-state index in [9.17, 15) is 0 Å². The van der Waals surface area contributed by atoms with Crippen LogP contribution in [-0.4, -0.2) is 19.8 Å². The van der Waals surface area contributed by atoms with Crippen LogP contribution in [0.4, 0.5) is 0 Å². The molecular weight excluding hydrogens is 214 g/mol. The second-order valence-electron chi connectivity index (χ2n) is 4.00. The largest absolute Gasteiger partial charge is 0.497 e. The van der Waals surface area contributed by atoms with Crippen LogP contribution in [0, 0.1) is 12.3 Å². The summed E-state index contributed by atoms with van der Waals surface area (Å²) in [5.41, 5.74) is 1.08. The van der Waals surface area contributed by atoms with E-state index in [-0.39, 0.29) is 6.61 Å². The first kappa shape index (κ1) is 13.4. The normalized spacial score (nSPS) is 10.1. The molecule has 1 aromatic rings. The second kappa shape index (κ2) is 6.82. The number of hydrogen-bond donors (Lipinski definition) is 1. The molecule has 0 aliphatic heterocycles. The molecule has 0 unspecified atom stereocenters. The van der Waals surface area contributed by atoms with E-state index in [0.717, 1.165) is 23.6 Å². The molecular formula is C14H19NO2. The molecule has 1 aromatic carbocycles. The highest BCUT2D eigenvalue weighted by molar-refractivity contribution is 5.41. The summed E-state index contributed by atoms with van der Waals surface area (Å²) < 4.78 is 10.7. The van der Waals surface area contributed by atoms with Crippen molar-refractivity contribution in [2.24, 2.45) is 0 Å². The van der Waals surface area contributed by atoms with E-state index < -0.39 is 0 Å². The van der Waals surface area contributed by atoms with Crippen LogP contribution < -0.4 is 14.8 Å². The van der Waals surface area contributed by atoms with Gasteiger partial charge in [-0.25, -0.2) is 0 Å². The van der Waals surface area contributed by atoms with Gasteiger partial charge in [0.1, 0.15) is 18.1 Å². The standard InChI is InChI=1S/C14H19NO2/c1-5-8-17-14-9-13(16-4)7-6-12(14)10-15-11(2)3/h1,6-7,9,11,15H,8,10H2,2-4H3. The number of terminal acetylenes is 1. The third-order valence-electron chi connectivity index (χ3n) is 2.29. The Kier molecular flexibility index (Phi) is 5.38. The van der Waals surface area contributed by atoms with Crippen LogP contribution in [0.15, 0.2) is 18.2 Å². The molecule has 3 heteroatoms. The van der Waals surface area contributed by atoms with Gasteiger partial charge in [-0.15, -0.1) is 6.42 Å². The Morgan fingerprint density at radius 3 is 2.76 bits per heavy atom. The average Bonchev–Trinajstić information content (AvgIpc) is 2.34. The third kappa shape index (κ3) is 4.38. The Morgan fingerprint density at radius 1 is 1.41 bits per heavy atom. The van der Waals surface area contributed by atoms with Crippen molar-refractivity contribution in [2.45, 2.75) is 26.4 Å². The van der Waals surface area contributed by atoms with Crippen molar-refractivity contribution in [2.75, 3.05) is 13.7 Å². The molecule has 0 aliphatic rings. The molecule has 0 spiro atoms. The summed E-state index contributed by atoms with van der Waals surface area (Å²) in [7, 11) is 1.63. The van der Waals surface area contributed by atoms with Gasteiger partial charge in [0.25, 0.3) is 0 Å². The van der Waals surface area contributed by atoms with E-state index in [2.05, 4.69) is 25.1 Å². The molecule has 1 rings (SSSR count). The number of benzene rings is 1. The van der Waals surface area contributed by atoms with Gasteiger partial charge in [0.2, 0.25) is 0 Å². The molecule has 0 saturated heterocycles. The van der Waals surface area contributed by atoms with E-state index in [4.69, 9.17) is 15.9 Å². The zero-order chi connectivity index (χ0) is 12.7. The van der Waals surface area contributed by atoms with Gasteiger partial charge in [0, 0.05) is 24.2 Å². The molecule has 0 amide bonds. The number of ether oxygens (including phenoxy) is 2. The summed E-state index contributed by atoms with van der Waals surface area (Å²) in [6.45, 7) is 5.22. The van der Waals surface area contributed by atoms with Crippen LogP contribution in [0.5, 0.6) is 11.5 Å². The van der Waals surface area contributed by atoms with Gasteiger partial charge in [-0.2, -0.15) is 0 Å². The van der Waals surface area contributed by atoms with E-state index in [1.54, 1.807) is 7.11 Å². The van der Waals surface area contributed by atoms with Gasteiger partial charge in [-0.1, -0.05) is 25.8 Å². The van der Waals surface area contributed by atoms with Gasteiger partial charge in [0.05, 0.1) is 7.11 Å². The van der Waals surface area contributed by atoms with E-state index >= 15 is 0 Å². The highest BCUT2D eigenvalue weighted by atomic mass is 16.5. The fraction of sp³-hybridized carbons (Fsp3) is 0.429. The SMILES string of the molecule is C#CCOc1cc(OC)ccc1CNC(C)C. The van der Waals surface area contributed by atoms with Gasteiger partial charge in [-0.05, 0) is 6.07 Å². The zero-order valence-corrected chi connectivity index (χ0v) is 10.6. The first-order chi connectivity index (χ1) is 8.17. The van der Waals surface area contributed by atoms with Crippen LogP contribution in [0.25, 0.3) is 0 Å². The topological polar surface area (TPSA) is 30.5 Å². The van der Waals surface area contributed by atoms with Crippen LogP contribution in [-0.2, 0) is 6.54 Å². The van der Waals surface area contributed by atoms with Crippen LogP contribution in [0.1, 0.15) is 19.4 Å². The molecule has 17 heavy (non-hydrogen) atoms. The molecule has 3 nitrogen and oxygen atoms in total. The minimum Gasteiger partial charge on any atom is -0.497 e. The van der Waals surface area contributed by atoms with E-state index in [1.165, 1.54) is 0 Å². The van der Waals surface area contributed by atoms with E-state index in [0.29, 0.717) is 6.04 Å². The van der Waals surface area contributed by atoms with Gasteiger partial charge in [0.15, 0.2) is 0 Å². The number of nitrogens with one attached hydrogen (secondary N) is 1. The maximum Gasteiger partial charge on any atom is 0.148 e. The molecule has 0 aromatic heterocycles. The van der Waals surface area contributed by atoms with E-state index in [1.807, 2.05) is 18.2 Å². The molecule has 92 valence electrons. The summed E-state index contributed by atoms with van der Waals surface area (Å²) in [4.78, 5) is 0. The first-order valence-electron chi connectivity index (χ1n) is 5.64. The Morgan fingerprint density at radius 2 is 2.18 bits per heavy atom. The van der Waals surface area contributed by atoms with Crippen LogP contribution in [0.2, 0.25) is 0 Å². The van der Waals surface area contributed by atoms with Crippen molar-refractivity contribution < 1.29 is 9.47 Å². The minimum atomic E-state index is 0.266. The molecule has 0 atom stereocenters. The maximum atomic E-state index is 5.50. The Bertz CT molecular complexity index is 394. The van der Waals surface area contributed by atoms with Crippen molar-refractivity contribution in [3.05, 3.63) is 23.8 Å². The summed E-state index contributed by atoms with van der Waals surface area (Å²) in [5, 5.41) is 3.34. The van der Waals surface area contributed by atoms with Crippen molar-refractivity contribution in [1.82, 2.24) is 5.32 Å². The summed E-state index contributed by atoms with van der Waals surface area (Å²) in [5.74, 6) is 4.00. The monoisotopic (exact) mass is 233 g/mol. The van der Waals surface area contributed by atoms with Crippen molar-refractivity contribution in [3.8, 4) is 23.8 Å². The highest BCUT2D eigenvalue weighted by Crippen LogP contribution is 2.24. The average molecular weight is 233 g/mol. The highest BCUT2D eigenvalue weighted by Gasteiger charge is 2.06. The number of hydrogen-bond acceptors (Lipinski definition) is 3. The molecule has 0 radical (unpaired) electrons. The Labute approximate surface area is 103 Å². The lowest BCUT2D eigenvalue weighted by Crippen LogP contribution is -2.22. The van der Waals surface area contributed by atoms with Gasteiger partial charge < -0.3 is 14.8 Å². The minimum absolute atomic E-state index is 0.266. The summed E-state index contributed by atoms with van der Waals surface area (Å²) >= 11 is 0. The molecule has 0 fully saturated rings. The fourth-order valence-corrected chi connectivity index (χ4v) is 1.38. The lowest BCUT2D eigenvalue weighted by molar-refractivity contribution is 0.357. The smallest absolute Gasteiger partial charge is 0.148 e. The van der Waals surface area contributed by atoms with Crippen molar-refractivity contribution in [1.29, 1.82) is 0 Å². The lowest BCUT2D eigenvalue weighted by atomic mass is 10.2. The molecule has 1 N–H and O–H groups in total. The summed E-state index contributed by atoms with van der Waals surface area (Å²) in [6, 6.07) is 6.19. The quantitative estimate of drug-likeness (QED) is 0.764. The fourth-order valence-electron chi connectivity index (χ4n) is 1.38. The third-order valence-corrected chi connectivity index (χ3v) is 2.29. The van der Waals surface area contributed by atoms with Crippen LogP contribution in [0.3, 0.4) is 0 Å². The Hall–Kier alpha value is -1.66. The second-order valence-corrected chi connectivity index (χ2v) is 4.00. The predicted molar refractivity (Wildman–Crippen MR) is 69.3 cm³/mol. The lowest BCUT2D eigenvalue weighted by Gasteiger charge is -2.13. The van der Waals surface area contributed by atoms with Crippen LogP contribution >= 0.6 is 0 Å². The number of methoxy groups -OCH3 is 1. The van der Waals surface area contributed by atoms with Crippen molar-refractivity contribution in [3.63, 3.8) is 0 Å². The predicted octanol–water partition coefficient (Wildman–Crippen LogP) is 2.21. The summed E-state index contributed by atoms with van der Waals surface area (Å²) in [6.07, 6.45) is 5.20.